The third-order valence-electron chi connectivity index (χ3n) is 3.18. The van der Waals surface area contributed by atoms with Crippen molar-refractivity contribution in [3.05, 3.63) is 35.9 Å². The predicted molar refractivity (Wildman–Crippen MR) is 66.6 cm³/mol. The molecule has 2 nitrogen and oxygen atoms in total. The van der Waals surface area contributed by atoms with Gasteiger partial charge in [0.25, 0.3) is 0 Å². The van der Waals surface area contributed by atoms with E-state index in [1.54, 1.807) is 0 Å². The van der Waals surface area contributed by atoms with E-state index in [0.717, 1.165) is 32.4 Å². The number of aryl methyl sites for hydroxylation is 1. The summed E-state index contributed by atoms with van der Waals surface area (Å²) in [6.45, 7) is 4.20. The minimum Gasteiger partial charge on any atom is -0.372 e. The van der Waals surface area contributed by atoms with Crippen LogP contribution < -0.4 is 5.32 Å². The lowest BCUT2D eigenvalue weighted by molar-refractivity contribution is -0.0414. The molecule has 2 atom stereocenters. The van der Waals surface area contributed by atoms with Gasteiger partial charge in [-0.2, -0.15) is 0 Å². The molecule has 2 heteroatoms. The molecule has 0 bridgehead atoms. The maximum atomic E-state index is 5.99. The van der Waals surface area contributed by atoms with Crippen LogP contribution in [0.3, 0.4) is 0 Å². The summed E-state index contributed by atoms with van der Waals surface area (Å²) < 4.78 is 5.99. The van der Waals surface area contributed by atoms with E-state index in [2.05, 4.69) is 42.6 Å². The van der Waals surface area contributed by atoms with Crippen LogP contribution in [0.4, 0.5) is 0 Å². The maximum Gasteiger partial charge on any atom is 0.0707 e. The lowest BCUT2D eigenvalue weighted by atomic mass is 10.1. The number of rotatable bonds is 4. The van der Waals surface area contributed by atoms with Gasteiger partial charge in [-0.05, 0) is 24.8 Å². The van der Waals surface area contributed by atoms with Crippen LogP contribution in [0.5, 0.6) is 0 Å². The van der Waals surface area contributed by atoms with Gasteiger partial charge >= 0.3 is 0 Å². The number of hydrogen-bond acceptors (Lipinski definition) is 2. The molecule has 1 aromatic carbocycles. The number of hydrogen-bond donors (Lipinski definition) is 1. The first-order valence-electron chi connectivity index (χ1n) is 6.28. The molecule has 1 saturated heterocycles. The van der Waals surface area contributed by atoms with Crippen LogP contribution in [0.15, 0.2) is 30.3 Å². The highest BCUT2D eigenvalue weighted by molar-refractivity contribution is 5.14. The summed E-state index contributed by atoms with van der Waals surface area (Å²) in [4.78, 5) is 0. The van der Waals surface area contributed by atoms with Crippen molar-refractivity contribution in [3.63, 3.8) is 0 Å². The maximum absolute atomic E-state index is 5.99. The summed E-state index contributed by atoms with van der Waals surface area (Å²) in [5.74, 6) is 0. The molecule has 1 heterocycles. The van der Waals surface area contributed by atoms with Crippen LogP contribution in [0.2, 0.25) is 0 Å². The van der Waals surface area contributed by atoms with Crippen molar-refractivity contribution in [2.75, 3.05) is 13.1 Å². The molecule has 1 aliphatic rings. The Balaban J connectivity index is 1.77. The molecule has 1 fully saturated rings. The smallest absolute Gasteiger partial charge is 0.0707 e. The van der Waals surface area contributed by atoms with Crippen molar-refractivity contribution in [3.8, 4) is 0 Å². The summed E-state index contributed by atoms with van der Waals surface area (Å²) in [6, 6.07) is 10.6. The largest absolute Gasteiger partial charge is 0.372 e. The van der Waals surface area contributed by atoms with E-state index in [4.69, 9.17) is 4.74 Å². The SMILES string of the molecule is CCC1CNCC(CCc2ccccc2)O1. The lowest BCUT2D eigenvalue weighted by Gasteiger charge is -2.30. The highest BCUT2D eigenvalue weighted by Gasteiger charge is 2.19. The second-order valence-corrected chi connectivity index (χ2v) is 4.47. The standard InChI is InChI=1S/C14H21NO/c1-2-13-10-15-11-14(16-13)9-8-12-6-4-3-5-7-12/h3-7,13-15H,2,8-11H2,1H3. The topological polar surface area (TPSA) is 21.3 Å². The van der Waals surface area contributed by atoms with E-state index < -0.39 is 0 Å². The van der Waals surface area contributed by atoms with Crippen molar-refractivity contribution in [2.24, 2.45) is 0 Å². The van der Waals surface area contributed by atoms with E-state index in [0.29, 0.717) is 12.2 Å². The molecule has 2 rings (SSSR count). The third-order valence-corrected chi connectivity index (χ3v) is 3.18. The minimum absolute atomic E-state index is 0.388. The molecule has 0 spiro atoms. The van der Waals surface area contributed by atoms with Gasteiger partial charge < -0.3 is 10.1 Å². The monoisotopic (exact) mass is 219 g/mol. The van der Waals surface area contributed by atoms with Crippen LogP contribution in [0, 0.1) is 0 Å². The molecule has 0 aromatic heterocycles. The molecular formula is C14H21NO. The highest BCUT2D eigenvalue weighted by atomic mass is 16.5. The van der Waals surface area contributed by atoms with Crippen LogP contribution in [-0.2, 0) is 11.2 Å². The van der Waals surface area contributed by atoms with Crippen LogP contribution in [0.25, 0.3) is 0 Å². The van der Waals surface area contributed by atoms with Gasteiger partial charge in [-0.15, -0.1) is 0 Å². The van der Waals surface area contributed by atoms with Crippen molar-refractivity contribution in [2.45, 2.75) is 38.4 Å². The van der Waals surface area contributed by atoms with Crippen LogP contribution in [-0.4, -0.2) is 25.3 Å². The Bertz CT molecular complexity index is 299. The fourth-order valence-corrected chi connectivity index (χ4v) is 2.16. The molecule has 2 unspecified atom stereocenters. The molecule has 16 heavy (non-hydrogen) atoms. The molecular weight excluding hydrogens is 198 g/mol. The Kier molecular flexibility index (Phi) is 4.37. The Morgan fingerprint density at radius 1 is 1.19 bits per heavy atom. The molecule has 1 aliphatic heterocycles. The number of benzene rings is 1. The first kappa shape index (κ1) is 11.6. The minimum atomic E-state index is 0.388. The summed E-state index contributed by atoms with van der Waals surface area (Å²) in [5, 5.41) is 3.45. The predicted octanol–water partition coefficient (Wildman–Crippen LogP) is 2.39. The zero-order valence-corrected chi connectivity index (χ0v) is 9.99. The van der Waals surface area contributed by atoms with E-state index in [-0.39, 0.29) is 0 Å². The van der Waals surface area contributed by atoms with Crippen molar-refractivity contribution in [1.82, 2.24) is 5.32 Å². The quantitative estimate of drug-likeness (QED) is 0.839. The summed E-state index contributed by atoms with van der Waals surface area (Å²) in [7, 11) is 0. The molecule has 0 aliphatic carbocycles. The zero-order valence-electron chi connectivity index (χ0n) is 9.99. The van der Waals surface area contributed by atoms with Gasteiger partial charge in [-0.3, -0.25) is 0 Å². The Morgan fingerprint density at radius 2 is 1.94 bits per heavy atom. The van der Waals surface area contributed by atoms with Crippen LogP contribution >= 0.6 is 0 Å². The first-order chi connectivity index (χ1) is 7.88. The van der Waals surface area contributed by atoms with E-state index >= 15 is 0 Å². The van der Waals surface area contributed by atoms with Gasteiger partial charge in [-0.1, -0.05) is 37.3 Å². The van der Waals surface area contributed by atoms with Gasteiger partial charge in [0, 0.05) is 13.1 Å². The van der Waals surface area contributed by atoms with Crippen molar-refractivity contribution in [1.29, 1.82) is 0 Å². The van der Waals surface area contributed by atoms with Crippen molar-refractivity contribution < 1.29 is 4.74 Å². The molecule has 0 amide bonds. The fraction of sp³-hybridized carbons (Fsp3) is 0.571. The van der Waals surface area contributed by atoms with Crippen molar-refractivity contribution >= 4 is 0 Å². The fourth-order valence-electron chi connectivity index (χ4n) is 2.16. The van der Waals surface area contributed by atoms with E-state index in [9.17, 15) is 0 Å². The van der Waals surface area contributed by atoms with Gasteiger partial charge in [0.1, 0.15) is 0 Å². The van der Waals surface area contributed by atoms with Gasteiger partial charge in [0.2, 0.25) is 0 Å². The Hall–Kier alpha value is -0.860. The van der Waals surface area contributed by atoms with Gasteiger partial charge in [0.15, 0.2) is 0 Å². The summed E-state index contributed by atoms with van der Waals surface area (Å²) >= 11 is 0. The van der Waals surface area contributed by atoms with Gasteiger partial charge in [-0.25, -0.2) is 0 Å². The van der Waals surface area contributed by atoms with E-state index in [1.807, 2.05) is 0 Å². The molecule has 0 radical (unpaired) electrons. The molecule has 1 N–H and O–H groups in total. The zero-order chi connectivity index (χ0) is 11.2. The first-order valence-corrected chi connectivity index (χ1v) is 6.28. The average Bonchev–Trinajstić information content (AvgIpc) is 2.38. The summed E-state index contributed by atoms with van der Waals surface area (Å²) in [5.41, 5.74) is 1.41. The lowest BCUT2D eigenvalue weighted by Crippen LogP contribution is -2.44. The van der Waals surface area contributed by atoms with Crippen LogP contribution in [0.1, 0.15) is 25.3 Å². The molecule has 88 valence electrons. The molecule has 0 saturated carbocycles. The number of nitrogens with one attached hydrogen (secondary N) is 1. The Morgan fingerprint density at radius 3 is 2.69 bits per heavy atom. The normalized spacial score (nSPS) is 25.6. The third kappa shape index (κ3) is 3.32. The Labute approximate surface area is 98.0 Å². The number of ether oxygens (including phenoxy) is 1. The summed E-state index contributed by atoms with van der Waals surface area (Å²) in [6.07, 6.45) is 4.14. The van der Waals surface area contributed by atoms with E-state index in [1.165, 1.54) is 5.56 Å². The highest BCUT2D eigenvalue weighted by Crippen LogP contribution is 2.13. The average molecular weight is 219 g/mol. The molecule has 1 aromatic rings. The second-order valence-electron chi connectivity index (χ2n) is 4.47. The number of morpholine rings is 1. The van der Waals surface area contributed by atoms with Gasteiger partial charge in [0.05, 0.1) is 12.2 Å². The second kappa shape index (κ2) is 6.02.